The van der Waals surface area contributed by atoms with Crippen LogP contribution in [0.5, 0.6) is 0 Å². The van der Waals surface area contributed by atoms with Crippen molar-refractivity contribution in [3.05, 3.63) is 128 Å². The van der Waals surface area contributed by atoms with E-state index in [0.29, 0.717) is 5.71 Å². The van der Waals surface area contributed by atoms with Gasteiger partial charge in [-0.3, -0.25) is 4.98 Å². The predicted octanol–water partition coefficient (Wildman–Crippen LogP) is 10.1. The number of pyridine rings is 2. The first-order chi connectivity index (χ1) is 20.3. The van der Waals surface area contributed by atoms with Gasteiger partial charge < -0.3 is 13.7 Å². The zero-order chi connectivity index (χ0) is 26.9. The van der Waals surface area contributed by atoms with Crippen molar-refractivity contribution in [3.63, 3.8) is 0 Å². The SMILES string of the molecule is c1ccc2c(c1)cc(N(c1ccc3c(c1)oc1ccncc13)c1ccc3c(c1)oc1ncccc13)c1ccccc12. The van der Waals surface area contributed by atoms with Crippen LogP contribution < -0.4 is 4.90 Å². The quantitative estimate of drug-likeness (QED) is 0.214. The Kier molecular flexibility index (Phi) is 4.55. The molecule has 0 saturated carbocycles. The van der Waals surface area contributed by atoms with Crippen LogP contribution in [0.4, 0.5) is 17.1 Å². The van der Waals surface area contributed by atoms with Crippen molar-refractivity contribution in [3.8, 4) is 0 Å². The van der Waals surface area contributed by atoms with Crippen LogP contribution >= 0.6 is 0 Å². The Bertz CT molecular complexity index is 2340. The molecule has 5 nitrogen and oxygen atoms in total. The van der Waals surface area contributed by atoms with Crippen molar-refractivity contribution in [2.45, 2.75) is 0 Å². The molecule has 0 bridgehead atoms. The Morgan fingerprint density at radius 2 is 1.20 bits per heavy atom. The summed E-state index contributed by atoms with van der Waals surface area (Å²) in [7, 11) is 0. The Hall–Kier alpha value is -5.68. The minimum atomic E-state index is 0.639. The molecule has 4 heterocycles. The highest BCUT2D eigenvalue weighted by atomic mass is 16.3. The highest BCUT2D eigenvalue weighted by molar-refractivity contribution is 6.15. The number of rotatable bonds is 3. The molecule has 41 heavy (non-hydrogen) atoms. The highest BCUT2D eigenvalue weighted by Gasteiger charge is 2.20. The van der Waals surface area contributed by atoms with Crippen molar-refractivity contribution < 1.29 is 8.83 Å². The number of anilines is 3. The van der Waals surface area contributed by atoms with Crippen LogP contribution in [-0.4, -0.2) is 9.97 Å². The summed E-state index contributed by atoms with van der Waals surface area (Å²) in [5, 5.41) is 8.87. The van der Waals surface area contributed by atoms with Gasteiger partial charge in [0.25, 0.3) is 0 Å². The first kappa shape index (κ1) is 22.2. The molecule has 0 spiro atoms. The van der Waals surface area contributed by atoms with E-state index >= 15 is 0 Å². The molecular formula is C36H21N3O2. The number of nitrogens with zero attached hydrogens (tertiary/aromatic N) is 3. The first-order valence-corrected chi connectivity index (χ1v) is 13.6. The molecule has 0 aliphatic heterocycles. The molecule has 9 rings (SSSR count). The summed E-state index contributed by atoms with van der Waals surface area (Å²) in [6.07, 6.45) is 5.38. The van der Waals surface area contributed by atoms with E-state index < -0.39 is 0 Å². The standard InChI is InChI=1S/C36H21N3O2/c1-2-7-25-22(6-1)18-32(27-9-4-3-8-26(25)27)39(23-12-14-29-31-21-37-17-15-33(31)40-34(29)19-23)24-11-13-28-30-10-5-16-38-36(30)41-35(28)20-24/h1-21H. The molecule has 192 valence electrons. The van der Waals surface area contributed by atoms with Gasteiger partial charge in [0.15, 0.2) is 0 Å². The highest BCUT2D eigenvalue weighted by Crippen LogP contribution is 2.44. The average molecular weight is 528 g/mol. The third-order valence-corrected chi connectivity index (χ3v) is 7.99. The van der Waals surface area contributed by atoms with Gasteiger partial charge >= 0.3 is 0 Å². The van der Waals surface area contributed by atoms with E-state index in [1.807, 2.05) is 24.4 Å². The topological polar surface area (TPSA) is 55.3 Å². The van der Waals surface area contributed by atoms with E-state index in [1.54, 1.807) is 12.4 Å². The van der Waals surface area contributed by atoms with E-state index in [1.165, 1.54) is 16.2 Å². The van der Waals surface area contributed by atoms with Crippen LogP contribution in [0, 0.1) is 0 Å². The average Bonchev–Trinajstić information content (AvgIpc) is 3.59. The summed E-state index contributed by atoms with van der Waals surface area (Å²) < 4.78 is 12.5. The molecule has 0 aliphatic rings. The molecule has 9 aromatic rings. The fourth-order valence-electron chi connectivity index (χ4n) is 6.13. The van der Waals surface area contributed by atoms with E-state index in [0.717, 1.165) is 60.7 Å². The molecule has 0 fully saturated rings. The fourth-order valence-corrected chi connectivity index (χ4v) is 6.13. The Balaban J connectivity index is 1.36. The first-order valence-electron chi connectivity index (χ1n) is 13.6. The number of furan rings is 2. The predicted molar refractivity (Wildman–Crippen MR) is 166 cm³/mol. The second-order valence-electron chi connectivity index (χ2n) is 10.3. The van der Waals surface area contributed by atoms with Crippen molar-refractivity contribution in [1.29, 1.82) is 0 Å². The van der Waals surface area contributed by atoms with Gasteiger partial charge in [-0.15, -0.1) is 0 Å². The lowest BCUT2D eigenvalue weighted by molar-refractivity contribution is 0.654. The molecule has 0 radical (unpaired) electrons. The van der Waals surface area contributed by atoms with Gasteiger partial charge in [0, 0.05) is 69.0 Å². The number of hydrogen-bond donors (Lipinski definition) is 0. The normalized spacial score (nSPS) is 11.9. The van der Waals surface area contributed by atoms with Crippen LogP contribution in [0.25, 0.3) is 65.6 Å². The van der Waals surface area contributed by atoms with E-state index in [9.17, 15) is 0 Å². The zero-order valence-corrected chi connectivity index (χ0v) is 21.8. The molecular weight excluding hydrogens is 506 g/mol. The Morgan fingerprint density at radius 1 is 0.488 bits per heavy atom. The molecule has 0 atom stereocenters. The number of benzene rings is 5. The van der Waals surface area contributed by atoms with E-state index in [-0.39, 0.29) is 0 Å². The minimum absolute atomic E-state index is 0.639. The Labute approximate surface area is 233 Å². The summed E-state index contributed by atoms with van der Waals surface area (Å²) in [4.78, 5) is 11.0. The second kappa shape index (κ2) is 8.41. The molecule has 0 aliphatic carbocycles. The number of aromatic nitrogens is 2. The molecule has 5 aromatic carbocycles. The van der Waals surface area contributed by atoms with Crippen LogP contribution in [0.15, 0.2) is 137 Å². The maximum atomic E-state index is 6.29. The lowest BCUT2D eigenvalue weighted by atomic mass is 9.99. The van der Waals surface area contributed by atoms with Crippen molar-refractivity contribution in [2.24, 2.45) is 0 Å². The Morgan fingerprint density at radius 3 is 2.05 bits per heavy atom. The van der Waals surface area contributed by atoms with Crippen molar-refractivity contribution in [1.82, 2.24) is 9.97 Å². The van der Waals surface area contributed by atoms with Gasteiger partial charge in [-0.2, -0.15) is 0 Å². The van der Waals surface area contributed by atoms with Gasteiger partial charge in [-0.25, -0.2) is 4.98 Å². The maximum Gasteiger partial charge on any atom is 0.227 e. The summed E-state index contributed by atoms with van der Waals surface area (Å²) in [5.41, 5.74) is 6.11. The second-order valence-corrected chi connectivity index (χ2v) is 10.3. The summed E-state index contributed by atoms with van der Waals surface area (Å²) in [6.45, 7) is 0. The lowest BCUT2D eigenvalue weighted by Gasteiger charge is -2.27. The molecule has 4 aromatic heterocycles. The van der Waals surface area contributed by atoms with Crippen molar-refractivity contribution >= 4 is 82.6 Å². The number of fused-ring (bicyclic) bond motifs is 9. The van der Waals surface area contributed by atoms with E-state index in [4.69, 9.17) is 8.83 Å². The molecule has 0 amide bonds. The summed E-state index contributed by atoms with van der Waals surface area (Å²) >= 11 is 0. The third kappa shape index (κ3) is 3.29. The molecule has 0 unspecified atom stereocenters. The fraction of sp³-hybridized carbons (Fsp3) is 0. The van der Waals surface area contributed by atoms with Crippen LogP contribution in [0.1, 0.15) is 0 Å². The van der Waals surface area contributed by atoms with Gasteiger partial charge in [0.05, 0.1) is 5.69 Å². The monoisotopic (exact) mass is 527 g/mol. The van der Waals surface area contributed by atoms with Crippen molar-refractivity contribution in [2.75, 3.05) is 4.90 Å². The minimum Gasteiger partial charge on any atom is -0.456 e. The maximum absolute atomic E-state index is 6.29. The molecule has 0 N–H and O–H groups in total. The van der Waals surface area contributed by atoms with Crippen LogP contribution in [0.2, 0.25) is 0 Å². The largest absolute Gasteiger partial charge is 0.456 e. The van der Waals surface area contributed by atoms with Gasteiger partial charge in [0.1, 0.15) is 16.7 Å². The van der Waals surface area contributed by atoms with Crippen LogP contribution in [-0.2, 0) is 0 Å². The summed E-state index contributed by atoms with van der Waals surface area (Å²) in [5.74, 6) is 0. The van der Waals surface area contributed by atoms with Gasteiger partial charge in [0.2, 0.25) is 5.71 Å². The lowest BCUT2D eigenvalue weighted by Crippen LogP contribution is -2.10. The molecule has 0 saturated heterocycles. The summed E-state index contributed by atoms with van der Waals surface area (Å²) in [6, 6.07) is 38.1. The number of hydrogen-bond acceptors (Lipinski definition) is 5. The van der Waals surface area contributed by atoms with Crippen LogP contribution in [0.3, 0.4) is 0 Å². The van der Waals surface area contributed by atoms with Gasteiger partial charge in [-0.1, -0.05) is 48.5 Å². The van der Waals surface area contributed by atoms with E-state index in [2.05, 4.69) is 106 Å². The van der Waals surface area contributed by atoms with Gasteiger partial charge in [-0.05, 0) is 64.7 Å². The smallest absolute Gasteiger partial charge is 0.227 e. The third-order valence-electron chi connectivity index (χ3n) is 7.99. The molecule has 5 heteroatoms. The zero-order valence-electron chi connectivity index (χ0n) is 21.8.